The molecule has 2 atom stereocenters. The minimum atomic E-state index is -0.703. The first-order valence-electron chi connectivity index (χ1n) is 11.0. The fraction of sp³-hybridized carbons (Fsp3) is 0.296. The Morgan fingerprint density at radius 3 is 2.23 bits per heavy atom. The second-order valence-electron chi connectivity index (χ2n) is 9.75. The SMILES string of the molecule is CC1(C)[C@@]2(C)CC[C@@]1(C(=O)Nc1cccc3ccccc13)c1nc3ccccc3nc12. The van der Waals surface area contributed by atoms with Crippen LogP contribution in [-0.4, -0.2) is 15.9 Å². The zero-order valence-electron chi connectivity index (χ0n) is 18.1. The van der Waals surface area contributed by atoms with Gasteiger partial charge in [-0.2, -0.15) is 0 Å². The molecule has 1 saturated carbocycles. The highest BCUT2D eigenvalue weighted by molar-refractivity contribution is 6.07. The summed E-state index contributed by atoms with van der Waals surface area (Å²) < 4.78 is 0. The average molecular weight is 408 g/mol. The van der Waals surface area contributed by atoms with Crippen LogP contribution < -0.4 is 5.32 Å². The Bertz CT molecular complexity index is 1390. The molecule has 3 aromatic carbocycles. The van der Waals surface area contributed by atoms with E-state index < -0.39 is 5.41 Å². The molecule has 1 fully saturated rings. The Hall–Kier alpha value is -3.27. The number of aromatic nitrogens is 2. The van der Waals surface area contributed by atoms with Crippen LogP contribution in [-0.2, 0) is 15.6 Å². The first kappa shape index (κ1) is 18.5. The number of rotatable bonds is 2. The summed E-state index contributed by atoms with van der Waals surface area (Å²) in [6.45, 7) is 6.70. The zero-order chi connectivity index (χ0) is 21.4. The highest BCUT2D eigenvalue weighted by Gasteiger charge is 2.73. The van der Waals surface area contributed by atoms with Crippen molar-refractivity contribution in [1.29, 1.82) is 0 Å². The summed E-state index contributed by atoms with van der Waals surface area (Å²) in [5, 5.41) is 5.47. The standard InChI is InChI=1S/C27H25N3O/c1-25(2)26(3)15-16-27(25,23-22(26)28-20-12-6-7-13-21(20)29-23)24(31)30-19-14-8-10-17-9-4-5-11-18(17)19/h4-14H,15-16H2,1-3H3,(H,30,31)/t26-,27-/m0/s1. The Labute approximate surface area is 181 Å². The lowest BCUT2D eigenvalue weighted by molar-refractivity contribution is -0.125. The normalized spacial score (nSPS) is 25.6. The molecule has 0 unspecified atom stereocenters. The molecule has 1 N–H and O–H groups in total. The number of carbonyl (C=O) groups excluding carboxylic acids is 1. The van der Waals surface area contributed by atoms with E-state index in [0.29, 0.717) is 0 Å². The molecule has 2 bridgehead atoms. The van der Waals surface area contributed by atoms with E-state index in [4.69, 9.17) is 9.97 Å². The number of hydrogen-bond acceptors (Lipinski definition) is 3. The van der Waals surface area contributed by atoms with E-state index >= 15 is 0 Å². The van der Waals surface area contributed by atoms with E-state index in [0.717, 1.165) is 51.7 Å². The molecule has 31 heavy (non-hydrogen) atoms. The molecule has 0 spiro atoms. The molecular weight excluding hydrogens is 382 g/mol. The third-order valence-corrected chi connectivity index (χ3v) is 8.37. The van der Waals surface area contributed by atoms with Crippen LogP contribution in [0.4, 0.5) is 5.69 Å². The van der Waals surface area contributed by atoms with Gasteiger partial charge in [-0.05, 0) is 41.8 Å². The van der Waals surface area contributed by atoms with Crippen molar-refractivity contribution in [3.8, 4) is 0 Å². The molecule has 4 heteroatoms. The fourth-order valence-corrected chi connectivity index (χ4v) is 6.11. The molecule has 4 nitrogen and oxygen atoms in total. The number of para-hydroxylation sites is 2. The maximum Gasteiger partial charge on any atom is 0.237 e. The van der Waals surface area contributed by atoms with Crippen LogP contribution in [0, 0.1) is 5.41 Å². The number of fused-ring (bicyclic) bond motifs is 7. The van der Waals surface area contributed by atoms with Crippen molar-refractivity contribution in [2.75, 3.05) is 5.32 Å². The third kappa shape index (κ3) is 2.12. The van der Waals surface area contributed by atoms with Crippen LogP contribution in [0.15, 0.2) is 66.7 Å². The quantitative estimate of drug-likeness (QED) is 0.460. The van der Waals surface area contributed by atoms with Crippen molar-refractivity contribution in [3.63, 3.8) is 0 Å². The van der Waals surface area contributed by atoms with Gasteiger partial charge in [-0.1, -0.05) is 69.3 Å². The Morgan fingerprint density at radius 2 is 1.45 bits per heavy atom. The number of anilines is 1. The van der Waals surface area contributed by atoms with Crippen LogP contribution in [0.2, 0.25) is 0 Å². The first-order valence-corrected chi connectivity index (χ1v) is 11.0. The third-order valence-electron chi connectivity index (χ3n) is 8.37. The summed E-state index contributed by atoms with van der Waals surface area (Å²) in [5.41, 5.74) is 3.28. The lowest BCUT2D eigenvalue weighted by Crippen LogP contribution is -2.48. The summed E-state index contributed by atoms with van der Waals surface area (Å²) in [6, 6.07) is 22.2. The molecule has 4 aromatic rings. The van der Waals surface area contributed by atoms with Gasteiger partial charge in [0.05, 0.1) is 27.8 Å². The highest BCUT2D eigenvalue weighted by atomic mass is 16.2. The average Bonchev–Trinajstić information content (AvgIpc) is 3.08. The maximum absolute atomic E-state index is 14.1. The number of nitrogens with one attached hydrogen (secondary N) is 1. The van der Waals surface area contributed by atoms with Crippen LogP contribution in [0.3, 0.4) is 0 Å². The van der Waals surface area contributed by atoms with E-state index in [2.05, 4.69) is 44.3 Å². The minimum Gasteiger partial charge on any atom is -0.325 e. The maximum atomic E-state index is 14.1. The largest absolute Gasteiger partial charge is 0.325 e. The van der Waals surface area contributed by atoms with Crippen LogP contribution in [0.1, 0.15) is 45.0 Å². The van der Waals surface area contributed by atoms with E-state index in [1.54, 1.807) is 0 Å². The molecule has 0 aliphatic heterocycles. The molecule has 0 saturated heterocycles. The smallest absolute Gasteiger partial charge is 0.237 e. The van der Waals surface area contributed by atoms with Gasteiger partial charge < -0.3 is 5.32 Å². The summed E-state index contributed by atoms with van der Waals surface area (Å²) in [6.07, 6.45) is 1.72. The number of benzene rings is 3. The van der Waals surface area contributed by atoms with Crippen LogP contribution in [0.25, 0.3) is 21.8 Å². The fourth-order valence-electron chi connectivity index (χ4n) is 6.11. The molecule has 2 aliphatic rings. The van der Waals surface area contributed by atoms with Crippen LogP contribution >= 0.6 is 0 Å². The molecule has 2 aliphatic carbocycles. The van der Waals surface area contributed by atoms with Crippen molar-refractivity contribution in [2.45, 2.75) is 44.4 Å². The van der Waals surface area contributed by atoms with Gasteiger partial charge in [0.25, 0.3) is 0 Å². The van der Waals surface area contributed by atoms with Crippen LogP contribution in [0.5, 0.6) is 0 Å². The van der Waals surface area contributed by atoms with Gasteiger partial charge in [0, 0.05) is 16.5 Å². The van der Waals surface area contributed by atoms with Gasteiger partial charge in [0.1, 0.15) is 0 Å². The molecule has 6 rings (SSSR count). The molecule has 154 valence electrons. The predicted octanol–water partition coefficient (Wildman–Crippen LogP) is 5.75. The van der Waals surface area contributed by atoms with E-state index in [1.165, 1.54) is 0 Å². The molecule has 1 amide bonds. The van der Waals surface area contributed by atoms with Crippen molar-refractivity contribution in [2.24, 2.45) is 5.41 Å². The Balaban J connectivity index is 1.54. The second kappa shape index (κ2) is 5.91. The van der Waals surface area contributed by atoms with Gasteiger partial charge in [-0.15, -0.1) is 0 Å². The summed E-state index contributed by atoms with van der Waals surface area (Å²) >= 11 is 0. The van der Waals surface area contributed by atoms with Gasteiger partial charge in [-0.3, -0.25) is 4.79 Å². The minimum absolute atomic E-state index is 0.0286. The van der Waals surface area contributed by atoms with Gasteiger partial charge in [-0.25, -0.2) is 9.97 Å². The number of nitrogens with zero attached hydrogens (tertiary/aromatic N) is 2. The van der Waals surface area contributed by atoms with Gasteiger partial charge in [0.2, 0.25) is 5.91 Å². The van der Waals surface area contributed by atoms with E-state index in [1.807, 2.05) is 48.5 Å². The molecule has 1 aromatic heterocycles. The topological polar surface area (TPSA) is 54.9 Å². The summed E-state index contributed by atoms with van der Waals surface area (Å²) in [7, 11) is 0. The van der Waals surface area contributed by atoms with Crippen molar-refractivity contribution >= 4 is 33.4 Å². The van der Waals surface area contributed by atoms with E-state index in [9.17, 15) is 4.79 Å². The molecule has 1 heterocycles. The summed E-state index contributed by atoms with van der Waals surface area (Å²) in [5.74, 6) is 0.0286. The number of hydrogen-bond donors (Lipinski definition) is 1. The predicted molar refractivity (Wildman–Crippen MR) is 124 cm³/mol. The lowest BCUT2D eigenvalue weighted by Gasteiger charge is -2.39. The number of carbonyl (C=O) groups is 1. The summed E-state index contributed by atoms with van der Waals surface area (Å²) in [4.78, 5) is 24.2. The first-order chi connectivity index (χ1) is 14.9. The van der Waals surface area contributed by atoms with Gasteiger partial charge >= 0.3 is 0 Å². The van der Waals surface area contributed by atoms with Crippen molar-refractivity contribution in [1.82, 2.24) is 9.97 Å². The molecular formula is C27H25N3O. The monoisotopic (exact) mass is 407 g/mol. The zero-order valence-corrected chi connectivity index (χ0v) is 18.1. The second-order valence-corrected chi connectivity index (χ2v) is 9.75. The highest BCUT2D eigenvalue weighted by Crippen LogP contribution is 2.70. The Morgan fingerprint density at radius 1 is 0.806 bits per heavy atom. The lowest BCUT2D eigenvalue weighted by atomic mass is 9.63. The number of amides is 1. The van der Waals surface area contributed by atoms with Crippen molar-refractivity contribution < 1.29 is 4.79 Å². The molecule has 0 radical (unpaired) electrons. The van der Waals surface area contributed by atoms with E-state index in [-0.39, 0.29) is 16.7 Å². The Kier molecular flexibility index (Phi) is 3.52. The van der Waals surface area contributed by atoms with Gasteiger partial charge in [0.15, 0.2) is 0 Å². The van der Waals surface area contributed by atoms with Crippen molar-refractivity contribution in [3.05, 3.63) is 78.1 Å².